The highest BCUT2D eigenvalue weighted by Crippen LogP contribution is 2.60. The fourth-order valence-electron chi connectivity index (χ4n) is 4.43. The van der Waals surface area contributed by atoms with Crippen LogP contribution in [0.4, 0.5) is 5.69 Å². The molecule has 0 saturated carbocycles. The number of fused-ring (bicyclic) bond motifs is 5. The lowest BCUT2D eigenvalue weighted by Crippen LogP contribution is -2.40. The van der Waals surface area contributed by atoms with Crippen LogP contribution >= 0.6 is 0 Å². The van der Waals surface area contributed by atoms with Gasteiger partial charge in [0, 0.05) is 19.3 Å². The van der Waals surface area contributed by atoms with Gasteiger partial charge in [-0.15, -0.1) is 0 Å². The maximum absolute atomic E-state index is 12.9. The van der Waals surface area contributed by atoms with E-state index in [1.165, 1.54) is 27.8 Å². The third-order valence-electron chi connectivity index (χ3n) is 5.53. The first-order chi connectivity index (χ1) is 10.3. The Morgan fingerprint density at radius 2 is 1.59 bits per heavy atom. The molecule has 3 fully saturated rings. The smallest absolute Gasteiger partial charge is 0.250 e. The number of aromatic nitrogens is 1. The molecule has 0 spiro atoms. The molecular weight excluding hydrogens is 284 g/mol. The Hall–Kier alpha value is -1.95. The lowest BCUT2D eigenvalue weighted by molar-refractivity contribution is -0.129. The van der Waals surface area contributed by atoms with Crippen LogP contribution in [-0.4, -0.2) is 27.6 Å². The van der Waals surface area contributed by atoms with E-state index in [1.54, 1.807) is 7.05 Å². The van der Waals surface area contributed by atoms with E-state index >= 15 is 0 Å². The van der Waals surface area contributed by atoms with Gasteiger partial charge in [-0.1, -0.05) is 0 Å². The van der Waals surface area contributed by atoms with Crippen molar-refractivity contribution in [3.05, 3.63) is 28.7 Å². The standard InChI is InChI=1S/C16H18N2O4/c1-15-6-7-16(2,22-15)12-11(15)13(20)18(14(12)21)9-4-5-10(19)17(3)8-9/h4-5,8,11-12H,6-7H2,1-3H3/t11-,12+,15?,16?. The van der Waals surface area contributed by atoms with Crippen LogP contribution < -0.4 is 10.5 Å². The number of aryl methyl sites for hydroxylation is 1. The number of imide groups is 1. The van der Waals surface area contributed by atoms with Crippen molar-refractivity contribution in [2.75, 3.05) is 4.90 Å². The largest absolute Gasteiger partial charge is 0.367 e. The van der Waals surface area contributed by atoms with Crippen molar-refractivity contribution < 1.29 is 14.3 Å². The minimum Gasteiger partial charge on any atom is -0.367 e. The molecule has 4 heterocycles. The van der Waals surface area contributed by atoms with Crippen molar-refractivity contribution in [1.82, 2.24) is 4.57 Å². The molecule has 0 N–H and O–H groups in total. The molecule has 1 aromatic heterocycles. The molecule has 0 aromatic carbocycles. The highest BCUT2D eigenvalue weighted by molar-refractivity contribution is 6.23. The van der Waals surface area contributed by atoms with E-state index in [-0.39, 0.29) is 17.4 Å². The van der Waals surface area contributed by atoms with Crippen molar-refractivity contribution in [3.8, 4) is 0 Å². The normalized spacial score (nSPS) is 39.7. The summed E-state index contributed by atoms with van der Waals surface area (Å²) in [6.45, 7) is 3.86. The van der Waals surface area contributed by atoms with E-state index in [2.05, 4.69) is 0 Å². The minimum absolute atomic E-state index is 0.176. The van der Waals surface area contributed by atoms with Gasteiger partial charge in [0.25, 0.3) is 0 Å². The van der Waals surface area contributed by atoms with Crippen LogP contribution in [0.15, 0.2) is 23.1 Å². The molecule has 6 heteroatoms. The van der Waals surface area contributed by atoms with Crippen LogP contribution in [0.3, 0.4) is 0 Å². The van der Waals surface area contributed by atoms with Gasteiger partial charge in [0.1, 0.15) is 0 Å². The number of pyridine rings is 1. The molecule has 1 aromatic rings. The number of amides is 2. The number of ether oxygens (including phenoxy) is 1. The van der Waals surface area contributed by atoms with E-state index in [4.69, 9.17) is 4.74 Å². The predicted molar refractivity (Wildman–Crippen MR) is 78.3 cm³/mol. The average molecular weight is 302 g/mol. The summed E-state index contributed by atoms with van der Waals surface area (Å²) in [5, 5.41) is 0. The van der Waals surface area contributed by atoms with Gasteiger partial charge in [-0.2, -0.15) is 0 Å². The van der Waals surface area contributed by atoms with Crippen LogP contribution in [0.25, 0.3) is 0 Å². The van der Waals surface area contributed by atoms with Crippen molar-refractivity contribution in [2.24, 2.45) is 18.9 Å². The molecule has 6 nitrogen and oxygen atoms in total. The second kappa shape index (κ2) is 3.87. The summed E-state index contributed by atoms with van der Waals surface area (Å²) in [7, 11) is 1.60. The van der Waals surface area contributed by atoms with E-state index in [0.717, 1.165) is 12.8 Å². The Labute approximate surface area is 127 Å². The minimum atomic E-state index is -0.554. The zero-order valence-corrected chi connectivity index (χ0v) is 12.8. The quantitative estimate of drug-likeness (QED) is 0.721. The van der Waals surface area contributed by atoms with Gasteiger partial charge in [-0.25, -0.2) is 4.90 Å². The molecule has 3 aliphatic heterocycles. The molecule has 0 radical (unpaired) electrons. The van der Waals surface area contributed by atoms with Gasteiger partial charge in [-0.05, 0) is 32.8 Å². The Morgan fingerprint density at radius 1 is 1.05 bits per heavy atom. The molecule has 2 unspecified atom stereocenters. The van der Waals surface area contributed by atoms with Gasteiger partial charge in [0.15, 0.2) is 0 Å². The predicted octanol–water partition coefficient (Wildman–Crippen LogP) is 0.832. The number of anilines is 1. The maximum Gasteiger partial charge on any atom is 0.250 e. The van der Waals surface area contributed by atoms with Gasteiger partial charge < -0.3 is 9.30 Å². The third-order valence-corrected chi connectivity index (χ3v) is 5.53. The van der Waals surface area contributed by atoms with E-state index in [1.807, 2.05) is 13.8 Å². The van der Waals surface area contributed by atoms with Crippen molar-refractivity contribution in [1.29, 1.82) is 0 Å². The summed E-state index contributed by atoms with van der Waals surface area (Å²) in [5.74, 6) is -1.26. The molecule has 0 aliphatic carbocycles. The lowest BCUT2D eigenvalue weighted by Gasteiger charge is -2.27. The number of hydrogen-bond donors (Lipinski definition) is 0. The Kier molecular flexibility index (Phi) is 2.41. The van der Waals surface area contributed by atoms with Crippen LogP contribution in [0.2, 0.25) is 0 Å². The van der Waals surface area contributed by atoms with Gasteiger partial charge in [-0.3, -0.25) is 14.4 Å². The molecule has 3 saturated heterocycles. The summed E-state index contributed by atoms with van der Waals surface area (Å²) in [6.07, 6.45) is 3.13. The number of nitrogens with zero attached hydrogens (tertiary/aromatic N) is 2. The summed E-state index contributed by atoms with van der Waals surface area (Å²) in [4.78, 5) is 38.5. The summed E-state index contributed by atoms with van der Waals surface area (Å²) >= 11 is 0. The molecule has 116 valence electrons. The average Bonchev–Trinajstić information content (AvgIpc) is 2.99. The van der Waals surface area contributed by atoms with Crippen molar-refractivity contribution >= 4 is 17.5 Å². The molecule has 4 rings (SSSR count). The second-order valence-corrected chi connectivity index (χ2v) is 7.03. The zero-order chi connectivity index (χ0) is 15.9. The summed E-state index contributed by atoms with van der Waals surface area (Å²) in [6, 6.07) is 2.91. The first-order valence-corrected chi connectivity index (χ1v) is 7.51. The van der Waals surface area contributed by atoms with Crippen LogP contribution in [0.5, 0.6) is 0 Å². The van der Waals surface area contributed by atoms with Crippen molar-refractivity contribution in [2.45, 2.75) is 37.9 Å². The van der Waals surface area contributed by atoms with E-state index in [0.29, 0.717) is 5.69 Å². The maximum atomic E-state index is 12.9. The monoisotopic (exact) mass is 302 g/mol. The zero-order valence-electron chi connectivity index (χ0n) is 12.8. The van der Waals surface area contributed by atoms with E-state index < -0.39 is 23.0 Å². The van der Waals surface area contributed by atoms with Gasteiger partial charge in [0.05, 0.1) is 28.7 Å². The van der Waals surface area contributed by atoms with Crippen molar-refractivity contribution in [3.63, 3.8) is 0 Å². The first kappa shape index (κ1) is 13.7. The number of carbonyl (C=O) groups is 2. The fraction of sp³-hybridized carbons (Fsp3) is 0.562. The molecular formula is C16H18N2O4. The molecule has 2 bridgehead atoms. The highest BCUT2D eigenvalue weighted by Gasteiger charge is 2.72. The summed E-state index contributed by atoms with van der Waals surface area (Å²) < 4.78 is 7.43. The van der Waals surface area contributed by atoms with Crippen LogP contribution in [0.1, 0.15) is 26.7 Å². The third kappa shape index (κ3) is 1.46. The molecule has 2 amide bonds. The number of hydrogen-bond acceptors (Lipinski definition) is 4. The van der Waals surface area contributed by atoms with E-state index in [9.17, 15) is 14.4 Å². The molecule has 22 heavy (non-hydrogen) atoms. The number of carbonyl (C=O) groups excluding carboxylic acids is 2. The molecule has 4 atom stereocenters. The van der Waals surface area contributed by atoms with Crippen LogP contribution in [-0.2, 0) is 21.4 Å². The number of rotatable bonds is 1. The Balaban J connectivity index is 1.81. The lowest BCUT2D eigenvalue weighted by atomic mass is 9.69. The second-order valence-electron chi connectivity index (χ2n) is 7.03. The fourth-order valence-corrected chi connectivity index (χ4v) is 4.43. The van der Waals surface area contributed by atoms with Crippen LogP contribution in [0, 0.1) is 11.8 Å². The summed E-state index contributed by atoms with van der Waals surface area (Å²) in [5.41, 5.74) is -0.827. The Morgan fingerprint density at radius 3 is 2.09 bits per heavy atom. The van der Waals surface area contributed by atoms with Gasteiger partial charge in [0.2, 0.25) is 17.4 Å². The Bertz CT molecular complexity index is 736. The first-order valence-electron chi connectivity index (χ1n) is 7.51. The topological polar surface area (TPSA) is 68.6 Å². The SMILES string of the molecule is Cn1cc(N2C(=O)[C@@H]3[C@H](C2=O)C2(C)CCC3(C)O2)ccc1=O. The molecule has 3 aliphatic rings. The van der Waals surface area contributed by atoms with Gasteiger partial charge >= 0.3 is 0 Å². The highest BCUT2D eigenvalue weighted by atomic mass is 16.5.